The molecule has 7 nitrogen and oxygen atoms in total. The first-order valence-corrected chi connectivity index (χ1v) is 6.43. The third kappa shape index (κ3) is 3.20. The van der Waals surface area contributed by atoms with Gasteiger partial charge in [-0.05, 0) is 0 Å². The Kier molecular flexibility index (Phi) is 4.55. The molecule has 112 valence electrons. The van der Waals surface area contributed by atoms with Crippen LogP contribution in [0, 0.1) is 27.3 Å². The number of anilines is 1. The SMILES string of the molecule is COc1cc(N2CCN(CC#N)CC2)c(F)cc1[N+](=O)[O-]. The molecule has 1 aromatic rings. The first-order chi connectivity index (χ1) is 10.1. The zero-order valence-electron chi connectivity index (χ0n) is 11.6. The van der Waals surface area contributed by atoms with Crippen LogP contribution in [0.15, 0.2) is 12.1 Å². The van der Waals surface area contributed by atoms with Crippen molar-refractivity contribution in [2.45, 2.75) is 0 Å². The van der Waals surface area contributed by atoms with Crippen molar-refractivity contribution in [1.29, 1.82) is 5.26 Å². The van der Waals surface area contributed by atoms with E-state index < -0.39 is 10.7 Å². The highest BCUT2D eigenvalue weighted by atomic mass is 19.1. The average Bonchev–Trinajstić information content (AvgIpc) is 2.48. The van der Waals surface area contributed by atoms with Gasteiger partial charge in [-0.1, -0.05) is 0 Å². The molecule has 1 fully saturated rings. The highest BCUT2D eigenvalue weighted by molar-refractivity contribution is 5.60. The fourth-order valence-corrected chi connectivity index (χ4v) is 2.33. The number of benzene rings is 1. The van der Waals surface area contributed by atoms with E-state index in [9.17, 15) is 14.5 Å². The third-order valence-electron chi connectivity index (χ3n) is 3.45. The number of rotatable bonds is 4. The molecule has 1 aliphatic rings. The Labute approximate surface area is 121 Å². The lowest BCUT2D eigenvalue weighted by Crippen LogP contribution is -2.46. The van der Waals surface area contributed by atoms with Gasteiger partial charge < -0.3 is 9.64 Å². The molecule has 0 aromatic heterocycles. The van der Waals surface area contributed by atoms with Crippen LogP contribution in [0.25, 0.3) is 0 Å². The van der Waals surface area contributed by atoms with Crippen LogP contribution in [0.3, 0.4) is 0 Å². The molecule has 0 amide bonds. The number of hydrogen-bond acceptors (Lipinski definition) is 6. The Bertz CT molecular complexity index is 580. The normalized spacial score (nSPS) is 15.6. The van der Waals surface area contributed by atoms with Gasteiger partial charge in [0.05, 0.1) is 36.4 Å². The molecule has 0 N–H and O–H groups in total. The molecule has 0 radical (unpaired) electrons. The lowest BCUT2D eigenvalue weighted by Gasteiger charge is -2.35. The van der Waals surface area contributed by atoms with E-state index in [0.717, 1.165) is 6.07 Å². The Morgan fingerprint density at radius 1 is 1.43 bits per heavy atom. The van der Waals surface area contributed by atoms with Crippen LogP contribution in [0.5, 0.6) is 5.75 Å². The van der Waals surface area contributed by atoms with Gasteiger partial charge in [0.2, 0.25) is 0 Å². The molecule has 2 rings (SSSR count). The minimum Gasteiger partial charge on any atom is -0.490 e. The summed E-state index contributed by atoms with van der Waals surface area (Å²) in [5.41, 5.74) is -0.101. The quantitative estimate of drug-likeness (QED) is 0.474. The van der Waals surface area contributed by atoms with Crippen molar-refractivity contribution < 1.29 is 14.1 Å². The minimum atomic E-state index is -0.670. The number of piperazine rings is 1. The largest absolute Gasteiger partial charge is 0.490 e. The van der Waals surface area contributed by atoms with Gasteiger partial charge in [0.1, 0.15) is 0 Å². The van der Waals surface area contributed by atoms with E-state index in [4.69, 9.17) is 10.00 Å². The standard InChI is InChI=1S/C13H15FN4O3/c1-21-13-9-11(10(14)8-12(13)18(19)20)17-6-4-16(3-2-15)5-7-17/h8-9H,3-7H2,1H3. The van der Waals surface area contributed by atoms with Gasteiger partial charge in [-0.2, -0.15) is 5.26 Å². The van der Waals surface area contributed by atoms with Crippen molar-refractivity contribution in [3.63, 3.8) is 0 Å². The summed E-state index contributed by atoms with van der Waals surface area (Å²) >= 11 is 0. The number of hydrogen-bond donors (Lipinski definition) is 0. The number of nitro groups is 1. The van der Waals surface area contributed by atoms with Gasteiger partial charge in [0.15, 0.2) is 11.6 Å². The molecule has 1 saturated heterocycles. The van der Waals surface area contributed by atoms with Crippen LogP contribution in [-0.4, -0.2) is 49.7 Å². The summed E-state index contributed by atoms with van der Waals surface area (Å²) in [6, 6.07) is 4.32. The second kappa shape index (κ2) is 6.37. The summed E-state index contributed by atoms with van der Waals surface area (Å²) in [7, 11) is 1.31. The van der Waals surface area contributed by atoms with Gasteiger partial charge in [0.25, 0.3) is 0 Å². The molecule has 1 aliphatic heterocycles. The van der Waals surface area contributed by atoms with Crippen molar-refractivity contribution in [1.82, 2.24) is 4.90 Å². The lowest BCUT2D eigenvalue weighted by atomic mass is 10.2. The second-order valence-corrected chi connectivity index (χ2v) is 4.65. The Hall–Kier alpha value is -2.40. The highest BCUT2D eigenvalue weighted by Crippen LogP contribution is 2.34. The van der Waals surface area contributed by atoms with Crippen LogP contribution in [0.1, 0.15) is 0 Å². The monoisotopic (exact) mass is 294 g/mol. The smallest absolute Gasteiger partial charge is 0.313 e. The molecule has 0 saturated carbocycles. The number of nitro benzene ring substituents is 1. The predicted molar refractivity (Wildman–Crippen MR) is 73.9 cm³/mol. The van der Waals surface area contributed by atoms with Gasteiger partial charge in [-0.25, -0.2) is 4.39 Å². The average molecular weight is 294 g/mol. The molecule has 0 spiro atoms. The second-order valence-electron chi connectivity index (χ2n) is 4.65. The van der Waals surface area contributed by atoms with E-state index in [1.807, 2.05) is 4.90 Å². The fourth-order valence-electron chi connectivity index (χ4n) is 2.33. The number of methoxy groups -OCH3 is 1. The van der Waals surface area contributed by atoms with E-state index >= 15 is 0 Å². The summed E-state index contributed by atoms with van der Waals surface area (Å²) in [6.07, 6.45) is 0. The molecule has 0 aliphatic carbocycles. The van der Waals surface area contributed by atoms with Crippen LogP contribution in [-0.2, 0) is 0 Å². The Morgan fingerprint density at radius 3 is 2.62 bits per heavy atom. The molecule has 0 atom stereocenters. The molecule has 0 bridgehead atoms. The molecule has 0 unspecified atom stereocenters. The molecule has 21 heavy (non-hydrogen) atoms. The van der Waals surface area contributed by atoms with Crippen LogP contribution >= 0.6 is 0 Å². The molecule has 1 aromatic carbocycles. The maximum absolute atomic E-state index is 14.1. The van der Waals surface area contributed by atoms with Gasteiger partial charge >= 0.3 is 5.69 Å². The van der Waals surface area contributed by atoms with Crippen LogP contribution in [0.4, 0.5) is 15.8 Å². The summed E-state index contributed by atoms with van der Waals surface area (Å²) in [5.74, 6) is -0.605. The summed E-state index contributed by atoms with van der Waals surface area (Å²) < 4.78 is 19.1. The Balaban J connectivity index is 2.21. The van der Waals surface area contributed by atoms with E-state index in [2.05, 4.69) is 6.07 Å². The van der Waals surface area contributed by atoms with Gasteiger partial charge in [-0.3, -0.25) is 15.0 Å². The van der Waals surface area contributed by atoms with Crippen molar-refractivity contribution in [2.24, 2.45) is 0 Å². The summed E-state index contributed by atoms with van der Waals surface area (Å²) in [4.78, 5) is 13.9. The van der Waals surface area contributed by atoms with E-state index in [1.165, 1.54) is 13.2 Å². The van der Waals surface area contributed by atoms with Crippen molar-refractivity contribution >= 4 is 11.4 Å². The van der Waals surface area contributed by atoms with Crippen molar-refractivity contribution in [3.8, 4) is 11.8 Å². The first-order valence-electron chi connectivity index (χ1n) is 6.43. The van der Waals surface area contributed by atoms with E-state index in [1.54, 1.807) is 4.90 Å². The van der Waals surface area contributed by atoms with Crippen LogP contribution in [0.2, 0.25) is 0 Å². The Morgan fingerprint density at radius 2 is 2.10 bits per heavy atom. The number of ether oxygens (including phenoxy) is 1. The topological polar surface area (TPSA) is 82.6 Å². The van der Waals surface area contributed by atoms with Gasteiger partial charge in [-0.15, -0.1) is 0 Å². The third-order valence-corrected chi connectivity index (χ3v) is 3.45. The summed E-state index contributed by atoms with van der Waals surface area (Å²) in [6.45, 7) is 2.75. The zero-order valence-corrected chi connectivity index (χ0v) is 11.6. The van der Waals surface area contributed by atoms with Crippen molar-refractivity contribution in [3.05, 3.63) is 28.1 Å². The van der Waals surface area contributed by atoms with E-state index in [-0.39, 0.29) is 17.1 Å². The first kappa shape index (κ1) is 15.0. The van der Waals surface area contributed by atoms with Gasteiger partial charge in [0, 0.05) is 32.2 Å². The predicted octanol–water partition coefficient (Wildman–Crippen LogP) is 1.39. The number of nitriles is 1. The minimum absolute atomic E-state index is 0.0378. The maximum Gasteiger partial charge on any atom is 0.313 e. The van der Waals surface area contributed by atoms with Crippen molar-refractivity contribution in [2.75, 3.05) is 44.7 Å². The molecule has 1 heterocycles. The fraction of sp³-hybridized carbons (Fsp3) is 0.462. The van der Waals surface area contributed by atoms with E-state index in [0.29, 0.717) is 32.7 Å². The summed E-state index contributed by atoms with van der Waals surface area (Å²) in [5, 5.41) is 19.5. The lowest BCUT2D eigenvalue weighted by molar-refractivity contribution is -0.385. The number of nitrogens with zero attached hydrogens (tertiary/aromatic N) is 4. The number of halogens is 1. The molecular formula is C13H15FN4O3. The van der Waals surface area contributed by atoms with Crippen LogP contribution < -0.4 is 9.64 Å². The molecule has 8 heteroatoms. The zero-order chi connectivity index (χ0) is 15.4. The maximum atomic E-state index is 14.1. The highest BCUT2D eigenvalue weighted by Gasteiger charge is 2.24. The molecular weight excluding hydrogens is 279 g/mol.